The number of ether oxygens (including phenoxy) is 1. The highest BCUT2D eigenvalue weighted by molar-refractivity contribution is 9.10. The van der Waals surface area contributed by atoms with Crippen molar-refractivity contribution in [3.05, 3.63) is 70.2 Å². The zero-order chi connectivity index (χ0) is 22.4. The van der Waals surface area contributed by atoms with Crippen LogP contribution < -0.4 is 10.9 Å². The van der Waals surface area contributed by atoms with Gasteiger partial charge in [0.25, 0.3) is 11.8 Å². The Bertz CT molecular complexity index is 965. The number of hydrazine groups is 1. The minimum Gasteiger partial charge on any atom is -0.455 e. The van der Waals surface area contributed by atoms with Crippen LogP contribution in [0.5, 0.6) is 0 Å². The molecule has 162 valence electrons. The summed E-state index contributed by atoms with van der Waals surface area (Å²) < 4.78 is 5.86. The number of benzene rings is 2. The van der Waals surface area contributed by atoms with E-state index in [9.17, 15) is 19.2 Å². The Morgan fingerprint density at radius 2 is 1.77 bits per heavy atom. The van der Waals surface area contributed by atoms with E-state index < -0.39 is 30.3 Å². The van der Waals surface area contributed by atoms with Crippen molar-refractivity contribution in [2.75, 3.05) is 13.2 Å². The van der Waals surface area contributed by atoms with Gasteiger partial charge in [-0.2, -0.15) is 0 Å². The lowest BCUT2D eigenvalue weighted by atomic mass is 10.1. The van der Waals surface area contributed by atoms with Gasteiger partial charge in [0.15, 0.2) is 6.61 Å². The van der Waals surface area contributed by atoms with Crippen LogP contribution in [0.3, 0.4) is 0 Å². The fraction of sp³-hybridized carbons (Fsp3) is 0.273. The Kier molecular flexibility index (Phi) is 7.41. The highest BCUT2D eigenvalue weighted by Gasteiger charge is 2.38. The zero-order valence-electron chi connectivity index (χ0n) is 16.8. The Morgan fingerprint density at radius 3 is 2.45 bits per heavy atom. The molecule has 1 fully saturated rings. The molecule has 8 nitrogen and oxygen atoms in total. The molecule has 0 aromatic heterocycles. The molecule has 2 atom stereocenters. The molecule has 1 saturated heterocycles. The van der Waals surface area contributed by atoms with Crippen molar-refractivity contribution in [3.63, 3.8) is 0 Å². The number of likely N-dealkylation sites (tertiary alicyclic amines) is 1. The fourth-order valence-electron chi connectivity index (χ4n) is 3.27. The van der Waals surface area contributed by atoms with Crippen molar-refractivity contribution in [3.8, 4) is 0 Å². The highest BCUT2D eigenvalue weighted by Crippen LogP contribution is 2.28. The minimum absolute atomic E-state index is 0.0396. The second-order valence-electron chi connectivity index (χ2n) is 7.15. The van der Waals surface area contributed by atoms with Gasteiger partial charge in [0.1, 0.15) is 0 Å². The number of halogens is 1. The molecule has 3 rings (SSSR count). The normalized spacial score (nSPS) is 16.5. The van der Waals surface area contributed by atoms with Gasteiger partial charge in [-0.05, 0) is 36.8 Å². The number of esters is 1. The first-order valence-electron chi connectivity index (χ1n) is 9.71. The van der Waals surface area contributed by atoms with Crippen LogP contribution in [-0.4, -0.2) is 41.7 Å². The van der Waals surface area contributed by atoms with Gasteiger partial charge in [0.2, 0.25) is 5.91 Å². The Morgan fingerprint density at radius 1 is 1.10 bits per heavy atom. The van der Waals surface area contributed by atoms with E-state index >= 15 is 0 Å². The molecule has 0 bridgehead atoms. The molecule has 1 aliphatic heterocycles. The monoisotopic (exact) mass is 487 g/mol. The quantitative estimate of drug-likeness (QED) is 0.480. The SMILES string of the molecule is C[C@@H](c1ccccc1)N1C[C@H](C(=O)OCC(=O)NNC(=O)c2ccc(Br)cc2)CC1=O. The summed E-state index contributed by atoms with van der Waals surface area (Å²) in [5, 5.41) is 0. The first kappa shape index (κ1) is 22.5. The average Bonchev–Trinajstić information content (AvgIpc) is 3.18. The van der Waals surface area contributed by atoms with Crippen molar-refractivity contribution < 1.29 is 23.9 Å². The highest BCUT2D eigenvalue weighted by atomic mass is 79.9. The van der Waals surface area contributed by atoms with E-state index in [-0.39, 0.29) is 24.9 Å². The van der Waals surface area contributed by atoms with Crippen LogP contribution >= 0.6 is 15.9 Å². The number of carbonyl (C=O) groups excluding carboxylic acids is 4. The van der Waals surface area contributed by atoms with Crippen LogP contribution in [-0.2, 0) is 19.1 Å². The largest absolute Gasteiger partial charge is 0.455 e. The van der Waals surface area contributed by atoms with E-state index in [0.29, 0.717) is 5.56 Å². The van der Waals surface area contributed by atoms with Crippen molar-refractivity contribution >= 4 is 39.6 Å². The molecule has 1 aliphatic rings. The predicted molar refractivity (Wildman–Crippen MR) is 115 cm³/mol. The van der Waals surface area contributed by atoms with E-state index in [1.165, 1.54) is 0 Å². The number of hydrogen-bond acceptors (Lipinski definition) is 5. The second kappa shape index (κ2) is 10.2. The van der Waals surface area contributed by atoms with Gasteiger partial charge in [-0.3, -0.25) is 30.0 Å². The van der Waals surface area contributed by atoms with E-state index in [1.807, 2.05) is 37.3 Å². The van der Waals surface area contributed by atoms with Crippen LogP contribution in [0.2, 0.25) is 0 Å². The lowest BCUT2D eigenvalue weighted by Gasteiger charge is -2.25. The van der Waals surface area contributed by atoms with Crippen LogP contribution in [0.4, 0.5) is 0 Å². The summed E-state index contributed by atoms with van der Waals surface area (Å²) in [6, 6.07) is 16.0. The molecule has 0 unspecified atom stereocenters. The first-order chi connectivity index (χ1) is 14.8. The molecule has 0 radical (unpaired) electrons. The number of hydrogen-bond donors (Lipinski definition) is 2. The van der Waals surface area contributed by atoms with E-state index in [2.05, 4.69) is 26.8 Å². The van der Waals surface area contributed by atoms with Crippen molar-refractivity contribution in [1.82, 2.24) is 15.8 Å². The number of nitrogens with one attached hydrogen (secondary N) is 2. The predicted octanol–water partition coefficient (Wildman–Crippen LogP) is 2.36. The Hall–Kier alpha value is -3.20. The van der Waals surface area contributed by atoms with Crippen LogP contribution in [0.15, 0.2) is 59.1 Å². The summed E-state index contributed by atoms with van der Waals surface area (Å²) >= 11 is 3.27. The fourth-order valence-corrected chi connectivity index (χ4v) is 3.53. The molecule has 2 aromatic rings. The molecular formula is C22H22BrN3O5. The number of rotatable bonds is 6. The summed E-state index contributed by atoms with van der Waals surface area (Å²) in [6.07, 6.45) is 0.0396. The van der Waals surface area contributed by atoms with Crippen LogP contribution in [0.1, 0.15) is 35.3 Å². The van der Waals surface area contributed by atoms with E-state index in [4.69, 9.17) is 4.74 Å². The molecule has 3 amide bonds. The number of amides is 3. The first-order valence-corrected chi connectivity index (χ1v) is 10.5. The van der Waals surface area contributed by atoms with Gasteiger partial charge < -0.3 is 9.64 Å². The lowest BCUT2D eigenvalue weighted by Crippen LogP contribution is -2.43. The lowest BCUT2D eigenvalue weighted by molar-refractivity contribution is -0.152. The summed E-state index contributed by atoms with van der Waals surface area (Å²) in [6.45, 7) is 1.58. The van der Waals surface area contributed by atoms with Crippen molar-refractivity contribution in [2.45, 2.75) is 19.4 Å². The Labute approximate surface area is 188 Å². The molecule has 1 heterocycles. The maximum absolute atomic E-state index is 12.4. The van der Waals surface area contributed by atoms with E-state index in [1.54, 1.807) is 29.2 Å². The standard InChI is InChI=1S/C22H22BrN3O5/c1-14(15-5-3-2-4-6-15)26-12-17(11-20(26)28)22(30)31-13-19(27)24-25-21(29)16-7-9-18(23)10-8-16/h2-10,14,17H,11-13H2,1H3,(H,24,27)(H,25,29)/t14-,17+/m0/s1. The smallest absolute Gasteiger partial charge is 0.311 e. The third-order valence-electron chi connectivity index (χ3n) is 5.01. The summed E-state index contributed by atoms with van der Waals surface area (Å²) in [7, 11) is 0. The van der Waals surface area contributed by atoms with Crippen LogP contribution in [0.25, 0.3) is 0 Å². The molecular weight excluding hydrogens is 466 g/mol. The van der Waals surface area contributed by atoms with Crippen molar-refractivity contribution in [2.24, 2.45) is 5.92 Å². The molecule has 9 heteroatoms. The molecule has 0 aliphatic carbocycles. The number of nitrogens with zero attached hydrogens (tertiary/aromatic N) is 1. The molecule has 2 N–H and O–H groups in total. The molecule has 0 saturated carbocycles. The minimum atomic E-state index is -0.683. The van der Waals surface area contributed by atoms with Crippen molar-refractivity contribution in [1.29, 1.82) is 0 Å². The topological polar surface area (TPSA) is 105 Å². The molecule has 31 heavy (non-hydrogen) atoms. The van der Waals surface area contributed by atoms with Gasteiger partial charge in [-0.15, -0.1) is 0 Å². The summed E-state index contributed by atoms with van der Waals surface area (Å²) in [5.41, 5.74) is 5.78. The second-order valence-corrected chi connectivity index (χ2v) is 8.07. The molecule has 0 spiro atoms. The van der Waals surface area contributed by atoms with Crippen LogP contribution in [0, 0.1) is 5.92 Å². The van der Waals surface area contributed by atoms with Gasteiger partial charge in [0.05, 0.1) is 12.0 Å². The average molecular weight is 488 g/mol. The van der Waals surface area contributed by atoms with Gasteiger partial charge in [-0.1, -0.05) is 46.3 Å². The summed E-state index contributed by atoms with van der Waals surface area (Å²) in [5.74, 6) is -2.57. The van der Waals surface area contributed by atoms with Gasteiger partial charge >= 0.3 is 5.97 Å². The van der Waals surface area contributed by atoms with Gasteiger partial charge in [0, 0.05) is 23.0 Å². The number of carbonyl (C=O) groups is 4. The third kappa shape index (κ3) is 5.91. The van der Waals surface area contributed by atoms with E-state index in [0.717, 1.165) is 10.0 Å². The summed E-state index contributed by atoms with van der Waals surface area (Å²) in [4.78, 5) is 50.2. The third-order valence-corrected chi connectivity index (χ3v) is 5.54. The molecule has 2 aromatic carbocycles. The maximum Gasteiger partial charge on any atom is 0.311 e. The van der Waals surface area contributed by atoms with Gasteiger partial charge in [-0.25, -0.2) is 0 Å². The Balaban J connectivity index is 1.44. The maximum atomic E-state index is 12.4. The zero-order valence-corrected chi connectivity index (χ0v) is 18.4.